The van der Waals surface area contributed by atoms with Gasteiger partial charge >= 0.3 is 6.09 Å². The fraction of sp³-hybridized carbons (Fsp3) is 0.600. The van der Waals surface area contributed by atoms with Gasteiger partial charge in [0.15, 0.2) is 0 Å². The van der Waals surface area contributed by atoms with E-state index < -0.39 is 18.2 Å². The van der Waals surface area contributed by atoms with Crippen LogP contribution in [0.2, 0.25) is 0 Å². The summed E-state index contributed by atoms with van der Waals surface area (Å²) in [5.74, 6) is -0.0662. The van der Waals surface area contributed by atoms with Gasteiger partial charge in [0, 0.05) is 24.9 Å². The Bertz CT molecular complexity index is 470. The number of aliphatic hydroxyl groups is 1. The third-order valence-corrected chi connectivity index (χ3v) is 4.00. The van der Waals surface area contributed by atoms with Gasteiger partial charge in [-0.2, -0.15) is 0 Å². The number of rotatable bonds is 1. The van der Waals surface area contributed by atoms with Crippen molar-refractivity contribution in [1.29, 1.82) is 0 Å². The normalized spacial score (nSPS) is 27.4. The molecule has 3 atom stereocenters. The Hall–Kier alpha value is -1.62. The van der Waals surface area contributed by atoms with Crippen LogP contribution in [0.5, 0.6) is 0 Å². The number of aromatic nitrogens is 1. The van der Waals surface area contributed by atoms with E-state index in [0.29, 0.717) is 13.0 Å². The summed E-state index contributed by atoms with van der Waals surface area (Å²) < 4.78 is 0. The highest BCUT2D eigenvalue weighted by molar-refractivity contribution is 5.66. The van der Waals surface area contributed by atoms with Gasteiger partial charge in [0.25, 0.3) is 0 Å². The number of carbonyl (C=O) groups is 1. The number of amides is 1. The number of carboxylic acid groups (broad SMARTS) is 1. The highest BCUT2D eigenvalue weighted by Crippen LogP contribution is 2.39. The van der Waals surface area contributed by atoms with E-state index in [0.717, 1.165) is 5.56 Å². The molecule has 1 aromatic heterocycles. The number of aliphatic hydroxyl groups excluding tert-OH is 1. The van der Waals surface area contributed by atoms with Crippen LogP contribution in [0.1, 0.15) is 38.7 Å². The molecule has 20 heavy (non-hydrogen) atoms. The zero-order valence-electron chi connectivity index (χ0n) is 12.2. The number of hydrogen-bond donors (Lipinski definition) is 2. The second-order valence-corrected chi connectivity index (χ2v) is 6.46. The zero-order valence-corrected chi connectivity index (χ0v) is 12.2. The van der Waals surface area contributed by atoms with Crippen LogP contribution in [0.4, 0.5) is 4.79 Å². The molecule has 0 aromatic carbocycles. The molecule has 1 amide bonds. The molecule has 0 radical (unpaired) electrons. The van der Waals surface area contributed by atoms with E-state index >= 15 is 0 Å². The minimum Gasteiger partial charge on any atom is -0.465 e. The average molecular weight is 278 g/mol. The third kappa shape index (κ3) is 2.77. The molecule has 0 bridgehead atoms. The van der Waals surface area contributed by atoms with E-state index in [-0.39, 0.29) is 11.3 Å². The first-order chi connectivity index (χ1) is 9.32. The fourth-order valence-electron chi connectivity index (χ4n) is 3.15. The molecule has 1 aliphatic rings. The Morgan fingerprint density at radius 3 is 2.65 bits per heavy atom. The fourth-order valence-corrected chi connectivity index (χ4v) is 3.15. The van der Waals surface area contributed by atoms with E-state index in [9.17, 15) is 15.0 Å². The molecule has 1 aliphatic heterocycles. The smallest absolute Gasteiger partial charge is 0.407 e. The molecule has 3 unspecified atom stereocenters. The predicted octanol–water partition coefficient (Wildman–Crippen LogP) is 2.32. The van der Waals surface area contributed by atoms with Crippen LogP contribution in [0, 0.1) is 5.41 Å². The van der Waals surface area contributed by atoms with Gasteiger partial charge < -0.3 is 15.1 Å². The maximum Gasteiger partial charge on any atom is 0.407 e. The maximum atomic E-state index is 11.4. The monoisotopic (exact) mass is 278 g/mol. The molecule has 110 valence electrons. The van der Waals surface area contributed by atoms with E-state index in [1.807, 2.05) is 32.9 Å². The lowest BCUT2D eigenvalue weighted by Crippen LogP contribution is -2.58. The van der Waals surface area contributed by atoms with Crippen molar-refractivity contribution in [3.63, 3.8) is 0 Å². The summed E-state index contributed by atoms with van der Waals surface area (Å²) in [7, 11) is 0. The van der Waals surface area contributed by atoms with Crippen molar-refractivity contribution >= 4 is 6.09 Å². The maximum absolute atomic E-state index is 11.4. The molecule has 0 saturated carbocycles. The Balaban J connectivity index is 2.32. The molecular weight excluding hydrogens is 256 g/mol. The standard InChI is InChI=1S/C15H22N2O3/c1-15(2,3)13-12(18)11(6-8-17(13)14(19)20)10-5-4-7-16-9-10/h4-5,7,9,11-13,18H,6,8H2,1-3H3,(H,19,20). The van der Waals surface area contributed by atoms with Gasteiger partial charge in [0.2, 0.25) is 0 Å². The van der Waals surface area contributed by atoms with Crippen LogP contribution in [-0.2, 0) is 0 Å². The molecule has 5 nitrogen and oxygen atoms in total. The van der Waals surface area contributed by atoms with E-state index in [1.54, 1.807) is 12.4 Å². The Morgan fingerprint density at radius 2 is 2.15 bits per heavy atom. The lowest BCUT2D eigenvalue weighted by atomic mass is 9.73. The van der Waals surface area contributed by atoms with Crippen molar-refractivity contribution in [3.05, 3.63) is 30.1 Å². The lowest BCUT2D eigenvalue weighted by molar-refractivity contribution is -0.0431. The van der Waals surface area contributed by atoms with Crippen molar-refractivity contribution in [3.8, 4) is 0 Å². The van der Waals surface area contributed by atoms with Gasteiger partial charge in [-0.15, -0.1) is 0 Å². The summed E-state index contributed by atoms with van der Waals surface area (Å²) >= 11 is 0. The predicted molar refractivity (Wildman–Crippen MR) is 75.6 cm³/mol. The first-order valence-corrected chi connectivity index (χ1v) is 6.90. The largest absolute Gasteiger partial charge is 0.465 e. The molecule has 2 heterocycles. The average Bonchev–Trinajstić information content (AvgIpc) is 2.37. The minimum absolute atomic E-state index is 0.0662. The summed E-state index contributed by atoms with van der Waals surface area (Å²) in [4.78, 5) is 16.9. The third-order valence-electron chi connectivity index (χ3n) is 4.00. The first-order valence-electron chi connectivity index (χ1n) is 6.90. The van der Waals surface area contributed by atoms with E-state index in [2.05, 4.69) is 4.98 Å². The molecule has 2 rings (SSSR count). The summed E-state index contributed by atoms with van der Waals surface area (Å²) in [6.07, 6.45) is 2.39. The van der Waals surface area contributed by atoms with Gasteiger partial charge in [-0.25, -0.2) is 4.79 Å². The van der Waals surface area contributed by atoms with Crippen molar-refractivity contribution < 1.29 is 15.0 Å². The first kappa shape index (κ1) is 14.8. The Morgan fingerprint density at radius 1 is 1.45 bits per heavy atom. The molecule has 1 fully saturated rings. The molecule has 1 aromatic rings. The summed E-state index contributed by atoms with van der Waals surface area (Å²) in [5, 5.41) is 20.1. The van der Waals surface area contributed by atoms with Crippen molar-refractivity contribution in [1.82, 2.24) is 9.88 Å². The van der Waals surface area contributed by atoms with Crippen LogP contribution in [0.3, 0.4) is 0 Å². The molecule has 1 saturated heterocycles. The van der Waals surface area contributed by atoms with E-state index in [4.69, 9.17) is 0 Å². The number of pyridine rings is 1. The molecule has 5 heteroatoms. The Labute approximate surface area is 119 Å². The van der Waals surface area contributed by atoms with Gasteiger partial charge in [-0.05, 0) is 23.5 Å². The summed E-state index contributed by atoms with van der Waals surface area (Å²) in [6, 6.07) is 3.37. The quantitative estimate of drug-likeness (QED) is 0.827. The van der Waals surface area contributed by atoms with Crippen molar-refractivity contribution in [2.45, 2.75) is 45.3 Å². The second kappa shape index (κ2) is 5.40. The van der Waals surface area contributed by atoms with Crippen LogP contribution in [0.25, 0.3) is 0 Å². The van der Waals surface area contributed by atoms with Gasteiger partial charge in [-0.1, -0.05) is 26.8 Å². The zero-order chi connectivity index (χ0) is 14.9. The highest BCUT2D eigenvalue weighted by Gasteiger charge is 2.45. The minimum atomic E-state index is -0.964. The number of nitrogens with zero attached hydrogens (tertiary/aromatic N) is 2. The van der Waals surface area contributed by atoms with Crippen molar-refractivity contribution in [2.24, 2.45) is 5.41 Å². The second-order valence-electron chi connectivity index (χ2n) is 6.46. The lowest BCUT2D eigenvalue weighted by Gasteiger charge is -2.48. The SMILES string of the molecule is CC(C)(C)C1C(O)C(c2cccnc2)CCN1C(=O)O. The molecule has 2 N–H and O–H groups in total. The van der Waals surface area contributed by atoms with Gasteiger partial charge in [0.05, 0.1) is 12.1 Å². The van der Waals surface area contributed by atoms with Crippen LogP contribution in [-0.4, -0.2) is 44.9 Å². The molecule has 0 spiro atoms. The van der Waals surface area contributed by atoms with Gasteiger partial charge in [-0.3, -0.25) is 4.98 Å². The highest BCUT2D eigenvalue weighted by atomic mass is 16.4. The number of hydrogen-bond acceptors (Lipinski definition) is 3. The summed E-state index contributed by atoms with van der Waals surface area (Å²) in [5.41, 5.74) is 0.651. The summed E-state index contributed by atoms with van der Waals surface area (Å²) in [6.45, 7) is 6.32. The van der Waals surface area contributed by atoms with Crippen LogP contribution in [0.15, 0.2) is 24.5 Å². The number of likely N-dealkylation sites (tertiary alicyclic amines) is 1. The Kier molecular flexibility index (Phi) is 3.99. The van der Waals surface area contributed by atoms with Gasteiger partial charge in [0.1, 0.15) is 0 Å². The van der Waals surface area contributed by atoms with Crippen LogP contribution < -0.4 is 0 Å². The van der Waals surface area contributed by atoms with Crippen LogP contribution >= 0.6 is 0 Å². The topological polar surface area (TPSA) is 73.7 Å². The molecular formula is C15H22N2O3. The van der Waals surface area contributed by atoms with Crippen molar-refractivity contribution in [2.75, 3.05) is 6.54 Å². The molecule has 0 aliphatic carbocycles. The van der Waals surface area contributed by atoms with E-state index in [1.165, 1.54) is 4.90 Å². The number of piperidine rings is 1.